The van der Waals surface area contributed by atoms with Gasteiger partial charge in [0.25, 0.3) is 0 Å². The molecule has 0 N–H and O–H groups in total. The Morgan fingerprint density at radius 2 is 1.04 bits per heavy atom. The van der Waals surface area contributed by atoms with E-state index in [1.165, 1.54) is 0 Å². The fourth-order valence-electron chi connectivity index (χ4n) is 9.65. The topological polar surface area (TPSA) is 50.1 Å². The van der Waals surface area contributed by atoms with Crippen LogP contribution in [-0.4, -0.2) is 18.7 Å². The normalized spacial score (nSPS) is 11.7. The van der Waals surface area contributed by atoms with Crippen molar-refractivity contribution < 1.29 is 28.5 Å². The number of fused-ring (bicyclic) bond motifs is 7. The predicted molar refractivity (Wildman–Crippen MR) is 266 cm³/mol. The van der Waals surface area contributed by atoms with Crippen LogP contribution in [-0.2, 0) is 19.4 Å². The van der Waals surface area contributed by atoms with Gasteiger partial charge in [0, 0.05) is 22.5 Å². The average Bonchev–Trinajstić information content (AvgIpc) is 4.03. The molecule has 7 heteroatoms. The molecule has 9 aromatic carbocycles. The van der Waals surface area contributed by atoms with E-state index >= 15 is 0 Å². The summed E-state index contributed by atoms with van der Waals surface area (Å²) in [5.41, 5.74) is 14.4. The van der Waals surface area contributed by atoms with Crippen LogP contribution in [0.1, 0.15) is 0 Å². The monoisotopic (exact) mass is 1040 g/mol. The summed E-state index contributed by atoms with van der Waals surface area (Å²) < 4.78 is 20.7. The zero-order valence-corrected chi connectivity index (χ0v) is 38.0. The molecule has 0 unspecified atom stereocenters. The molecule has 0 aliphatic rings. The van der Waals surface area contributed by atoms with E-state index < -0.39 is 0 Å². The predicted octanol–water partition coefficient (Wildman–Crippen LogP) is 15.3. The molecule has 0 amide bonds. The van der Waals surface area contributed by atoms with Crippen LogP contribution in [0.5, 0.6) is 11.5 Å². The van der Waals surface area contributed by atoms with Crippen LogP contribution in [0.4, 0.5) is 0 Å². The third kappa shape index (κ3) is 6.52. The molecular weight excluding hydrogens is 1000 g/mol. The third-order valence-electron chi connectivity index (χ3n) is 12.6. The van der Waals surface area contributed by atoms with Gasteiger partial charge >= 0.3 is 294 Å². The van der Waals surface area contributed by atoms with Gasteiger partial charge in [-0.2, -0.15) is 0 Å². The maximum absolute atomic E-state index is 6.70. The van der Waals surface area contributed by atoms with Crippen molar-refractivity contribution in [2.24, 2.45) is 0 Å². The van der Waals surface area contributed by atoms with Crippen LogP contribution in [0.25, 0.3) is 105 Å². The Bertz CT molecular complexity index is 4030. The van der Waals surface area contributed by atoms with Crippen LogP contribution in [0, 0.1) is 15.9 Å². The summed E-state index contributed by atoms with van der Waals surface area (Å²) >= 11 is 2.47. The van der Waals surface area contributed by atoms with E-state index in [4.69, 9.17) is 14.1 Å². The molecule has 0 radical (unpaired) electrons. The number of hydrogen-bond donors (Lipinski definition) is 0. The Morgan fingerprint density at radius 3 is 1.79 bits per heavy atom. The molecule has 13 rings (SSSR count). The fraction of sp³-hybridized carbons (Fsp3) is 0. The number of furan rings is 1. The molecule has 0 fully saturated rings. The molecule has 67 heavy (non-hydrogen) atoms. The Kier molecular flexibility index (Phi) is 9.33. The van der Waals surface area contributed by atoms with E-state index in [9.17, 15) is 0 Å². The second-order valence-electron chi connectivity index (χ2n) is 16.5. The SMILES string of the molecule is [Pt]=[c]1n(-c2[c-]c(Oc3[c-]c4c(cc3)c3ccccc3n4-c3ccc(-c4cccc5oc6ccccc6c45)cn3)ccc2)c2ccccc2n1-c1c(-c2ccccc2)cccc1-c1ccccc1. The first-order valence-electron chi connectivity index (χ1n) is 22.1. The van der Waals surface area contributed by atoms with E-state index in [0.717, 1.165) is 109 Å². The molecule has 0 saturated carbocycles. The van der Waals surface area contributed by atoms with E-state index in [2.05, 4.69) is 215 Å². The zero-order valence-electron chi connectivity index (χ0n) is 35.7. The average molecular weight is 1040 g/mol. The van der Waals surface area contributed by atoms with Crippen molar-refractivity contribution in [3.8, 4) is 62.1 Å². The number of benzene rings is 9. The molecule has 320 valence electrons. The van der Waals surface area contributed by atoms with Gasteiger partial charge in [-0.15, -0.1) is 0 Å². The van der Waals surface area contributed by atoms with Gasteiger partial charge in [-0.1, -0.05) is 42.5 Å². The Hall–Kier alpha value is -8.31. The van der Waals surface area contributed by atoms with Gasteiger partial charge in [-0.25, -0.2) is 0 Å². The van der Waals surface area contributed by atoms with Crippen LogP contribution >= 0.6 is 0 Å². The number of ether oxygens (including phenoxy) is 1. The van der Waals surface area contributed by atoms with E-state index in [0.29, 0.717) is 11.5 Å². The Morgan fingerprint density at radius 1 is 0.433 bits per heavy atom. The summed E-state index contributed by atoms with van der Waals surface area (Å²) in [4.78, 5) is 5.09. The number of nitrogens with zero attached hydrogens (tertiary/aromatic N) is 4. The van der Waals surface area contributed by atoms with E-state index in [1.54, 1.807) is 0 Å². The van der Waals surface area contributed by atoms with Gasteiger partial charge < -0.3 is 4.42 Å². The number of para-hydroxylation sites is 5. The molecule has 6 nitrogen and oxygen atoms in total. The van der Waals surface area contributed by atoms with Crippen molar-refractivity contribution in [3.63, 3.8) is 0 Å². The second kappa shape index (κ2) is 16.0. The first-order chi connectivity index (χ1) is 33.2. The van der Waals surface area contributed by atoms with Crippen molar-refractivity contribution >= 4 is 54.8 Å². The number of imidazole rings is 1. The van der Waals surface area contributed by atoms with Gasteiger partial charge in [-0.05, 0) is 23.8 Å². The van der Waals surface area contributed by atoms with E-state index in [-0.39, 0.29) is 0 Å². The van der Waals surface area contributed by atoms with Crippen molar-refractivity contribution in [2.75, 3.05) is 0 Å². The summed E-state index contributed by atoms with van der Waals surface area (Å²) in [7, 11) is 0. The van der Waals surface area contributed by atoms with Crippen LogP contribution in [0.15, 0.2) is 223 Å². The number of aromatic nitrogens is 4. The minimum absolute atomic E-state index is 0.576. The van der Waals surface area contributed by atoms with Crippen LogP contribution in [0.3, 0.4) is 0 Å². The van der Waals surface area contributed by atoms with Gasteiger partial charge in [0.15, 0.2) is 0 Å². The van der Waals surface area contributed by atoms with Gasteiger partial charge in [0.1, 0.15) is 11.2 Å². The molecule has 0 bridgehead atoms. The summed E-state index contributed by atoms with van der Waals surface area (Å²) in [6.07, 6.45) is 1.95. The summed E-state index contributed by atoms with van der Waals surface area (Å²) in [5.74, 6) is 1.94. The molecule has 0 saturated heterocycles. The first kappa shape index (κ1) is 39.1. The zero-order chi connectivity index (χ0) is 44.4. The standard InChI is InChI=1S/C60H36N4O2.Pt/c1-3-16-40(17-4-1)47-25-14-26-48(41-18-5-2-6-19-41)60(47)63-39-62(53-28-10-11-29-54(53)63)43-20-13-21-44(36-43)65-45-33-34-50-49-22-7-9-27-52(49)64(55(50)37-45)58-35-32-42(38-61-58)46-24-15-31-57-59(46)51-23-8-12-30-56(51)66-57;/h1-35,38H;/q-2;. The summed E-state index contributed by atoms with van der Waals surface area (Å²) in [5, 5.41) is 4.35. The molecule has 13 aromatic rings. The molecule has 0 aliphatic carbocycles. The number of hydrogen-bond acceptors (Lipinski definition) is 3. The summed E-state index contributed by atoms with van der Waals surface area (Å²) in [6, 6.07) is 80.9. The van der Waals surface area contributed by atoms with Crippen molar-refractivity contribution in [2.45, 2.75) is 0 Å². The fourth-order valence-corrected chi connectivity index (χ4v) is 10.7. The molecule has 0 spiro atoms. The first-order valence-corrected chi connectivity index (χ1v) is 23.3. The van der Waals surface area contributed by atoms with Gasteiger partial charge in [0.2, 0.25) is 0 Å². The molecular formula is C60H36N4O2Pt-2. The quantitative estimate of drug-likeness (QED) is 0.143. The van der Waals surface area contributed by atoms with Gasteiger partial charge in [0.05, 0.1) is 0 Å². The van der Waals surface area contributed by atoms with Gasteiger partial charge in [-0.3, -0.25) is 0 Å². The molecule has 0 atom stereocenters. The second-order valence-corrected chi connectivity index (χ2v) is 17.5. The molecule has 4 aromatic heterocycles. The van der Waals surface area contributed by atoms with Crippen LogP contribution < -0.4 is 4.74 Å². The van der Waals surface area contributed by atoms with Crippen molar-refractivity contribution in [1.29, 1.82) is 0 Å². The number of pyridine rings is 1. The van der Waals surface area contributed by atoms with Crippen molar-refractivity contribution in [3.05, 3.63) is 234 Å². The van der Waals surface area contributed by atoms with E-state index in [1.807, 2.05) is 48.7 Å². The minimum atomic E-state index is 0.576. The number of rotatable bonds is 8. The maximum atomic E-state index is 6.70. The Balaban J connectivity index is 0.901. The summed E-state index contributed by atoms with van der Waals surface area (Å²) in [6.45, 7) is 0. The van der Waals surface area contributed by atoms with Crippen LogP contribution in [0.2, 0.25) is 0 Å². The molecule has 0 aliphatic heterocycles. The third-order valence-corrected chi connectivity index (χ3v) is 13.6. The van der Waals surface area contributed by atoms with Crippen molar-refractivity contribution in [1.82, 2.24) is 18.7 Å². The Labute approximate surface area is 396 Å². The molecule has 4 heterocycles.